The number of hydrogen-bond donors (Lipinski definition) is 1. The molecule has 92 valence electrons. The molecule has 3 aliphatic rings. The molecular formula is C14H26N2. The van der Waals surface area contributed by atoms with Crippen LogP contribution in [0.15, 0.2) is 0 Å². The van der Waals surface area contributed by atoms with Crippen LogP contribution in [-0.2, 0) is 0 Å². The lowest BCUT2D eigenvalue weighted by molar-refractivity contribution is 0.0589. The number of nitrogens with one attached hydrogen (secondary N) is 1. The van der Waals surface area contributed by atoms with Gasteiger partial charge in [0.15, 0.2) is 0 Å². The van der Waals surface area contributed by atoms with Gasteiger partial charge in [-0.25, -0.2) is 0 Å². The SMILES string of the molecule is CCC1CNCCC1N1CCCC2(CC2)C1. The summed E-state index contributed by atoms with van der Waals surface area (Å²) < 4.78 is 0. The second kappa shape index (κ2) is 4.30. The van der Waals surface area contributed by atoms with Crippen molar-refractivity contribution in [3.63, 3.8) is 0 Å². The fourth-order valence-corrected chi connectivity index (χ4v) is 3.92. The molecule has 3 rings (SSSR count). The van der Waals surface area contributed by atoms with Gasteiger partial charge in [-0.05, 0) is 63.1 Å². The van der Waals surface area contributed by atoms with E-state index in [9.17, 15) is 0 Å². The molecule has 1 N–H and O–H groups in total. The van der Waals surface area contributed by atoms with Crippen LogP contribution in [-0.4, -0.2) is 37.1 Å². The lowest BCUT2D eigenvalue weighted by Crippen LogP contribution is -2.52. The molecule has 1 saturated carbocycles. The van der Waals surface area contributed by atoms with E-state index in [1.54, 1.807) is 0 Å². The van der Waals surface area contributed by atoms with Crippen molar-refractivity contribution in [3.05, 3.63) is 0 Å². The molecule has 16 heavy (non-hydrogen) atoms. The Balaban J connectivity index is 1.65. The Bertz CT molecular complexity index is 247. The first kappa shape index (κ1) is 11.0. The van der Waals surface area contributed by atoms with E-state index in [0.717, 1.165) is 17.4 Å². The zero-order chi connectivity index (χ0) is 11.0. The summed E-state index contributed by atoms with van der Waals surface area (Å²) in [5.41, 5.74) is 0.793. The minimum Gasteiger partial charge on any atom is -0.316 e. The van der Waals surface area contributed by atoms with Gasteiger partial charge in [-0.15, -0.1) is 0 Å². The van der Waals surface area contributed by atoms with Crippen LogP contribution in [0.5, 0.6) is 0 Å². The third kappa shape index (κ3) is 2.02. The van der Waals surface area contributed by atoms with Gasteiger partial charge in [-0.2, -0.15) is 0 Å². The van der Waals surface area contributed by atoms with Gasteiger partial charge in [0.1, 0.15) is 0 Å². The molecule has 0 radical (unpaired) electrons. The van der Waals surface area contributed by atoms with Crippen molar-refractivity contribution >= 4 is 0 Å². The van der Waals surface area contributed by atoms with Crippen LogP contribution >= 0.6 is 0 Å². The monoisotopic (exact) mass is 222 g/mol. The van der Waals surface area contributed by atoms with E-state index in [2.05, 4.69) is 17.1 Å². The second-order valence-electron chi connectivity index (χ2n) is 6.30. The Kier molecular flexibility index (Phi) is 2.97. The number of likely N-dealkylation sites (tertiary alicyclic amines) is 1. The van der Waals surface area contributed by atoms with E-state index in [1.165, 1.54) is 64.7 Å². The van der Waals surface area contributed by atoms with Crippen LogP contribution in [0.2, 0.25) is 0 Å². The Hall–Kier alpha value is -0.0800. The molecular weight excluding hydrogens is 196 g/mol. The summed E-state index contributed by atoms with van der Waals surface area (Å²) in [5, 5.41) is 3.56. The van der Waals surface area contributed by atoms with Gasteiger partial charge in [0.05, 0.1) is 0 Å². The summed E-state index contributed by atoms with van der Waals surface area (Å²) in [7, 11) is 0. The molecule has 3 fully saturated rings. The van der Waals surface area contributed by atoms with Gasteiger partial charge in [0.2, 0.25) is 0 Å². The maximum Gasteiger partial charge on any atom is 0.0148 e. The number of hydrogen-bond acceptors (Lipinski definition) is 2. The van der Waals surface area contributed by atoms with E-state index in [-0.39, 0.29) is 0 Å². The van der Waals surface area contributed by atoms with Crippen molar-refractivity contribution in [1.29, 1.82) is 0 Å². The van der Waals surface area contributed by atoms with Crippen LogP contribution < -0.4 is 5.32 Å². The standard InChI is InChI=1S/C14H26N2/c1-2-12-10-15-8-4-13(12)16-9-3-5-14(11-16)6-7-14/h12-13,15H,2-11H2,1H3. The molecule has 2 nitrogen and oxygen atoms in total. The van der Waals surface area contributed by atoms with Gasteiger partial charge in [0, 0.05) is 12.6 Å². The summed E-state index contributed by atoms with van der Waals surface area (Å²) >= 11 is 0. The Morgan fingerprint density at radius 1 is 1.31 bits per heavy atom. The van der Waals surface area contributed by atoms with E-state index in [0.29, 0.717) is 0 Å². The molecule has 0 aromatic heterocycles. The van der Waals surface area contributed by atoms with Crippen LogP contribution in [0, 0.1) is 11.3 Å². The van der Waals surface area contributed by atoms with Crippen LogP contribution in [0.1, 0.15) is 45.4 Å². The first-order chi connectivity index (χ1) is 7.83. The predicted octanol–water partition coefficient (Wildman–Crippen LogP) is 2.25. The first-order valence-corrected chi connectivity index (χ1v) is 7.28. The topological polar surface area (TPSA) is 15.3 Å². The Labute approximate surface area is 99.8 Å². The second-order valence-corrected chi connectivity index (χ2v) is 6.30. The fraction of sp³-hybridized carbons (Fsp3) is 1.00. The van der Waals surface area contributed by atoms with Crippen molar-refractivity contribution < 1.29 is 0 Å². The average molecular weight is 222 g/mol. The molecule has 2 atom stereocenters. The lowest BCUT2D eigenvalue weighted by atomic mass is 9.86. The predicted molar refractivity (Wildman–Crippen MR) is 67.5 cm³/mol. The number of piperidine rings is 2. The van der Waals surface area contributed by atoms with Crippen molar-refractivity contribution in [3.8, 4) is 0 Å². The zero-order valence-electron chi connectivity index (χ0n) is 10.7. The van der Waals surface area contributed by atoms with Crippen molar-refractivity contribution in [2.75, 3.05) is 26.2 Å². The van der Waals surface area contributed by atoms with Gasteiger partial charge >= 0.3 is 0 Å². The summed E-state index contributed by atoms with van der Waals surface area (Å²) in [4.78, 5) is 2.85. The van der Waals surface area contributed by atoms with Crippen molar-refractivity contribution in [2.24, 2.45) is 11.3 Å². The number of rotatable bonds is 2. The molecule has 0 aromatic rings. The number of nitrogens with zero attached hydrogens (tertiary/aromatic N) is 1. The minimum absolute atomic E-state index is 0.793. The van der Waals surface area contributed by atoms with E-state index in [4.69, 9.17) is 0 Å². The van der Waals surface area contributed by atoms with Gasteiger partial charge in [0.25, 0.3) is 0 Å². The summed E-state index contributed by atoms with van der Waals surface area (Å²) in [5.74, 6) is 0.905. The Morgan fingerprint density at radius 2 is 2.19 bits per heavy atom. The van der Waals surface area contributed by atoms with Crippen LogP contribution in [0.3, 0.4) is 0 Å². The molecule has 2 saturated heterocycles. The molecule has 1 aliphatic carbocycles. The summed E-state index contributed by atoms with van der Waals surface area (Å²) in [6, 6.07) is 0.893. The minimum atomic E-state index is 0.793. The molecule has 0 aromatic carbocycles. The first-order valence-electron chi connectivity index (χ1n) is 7.28. The van der Waals surface area contributed by atoms with E-state index < -0.39 is 0 Å². The quantitative estimate of drug-likeness (QED) is 0.771. The van der Waals surface area contributed by atoms with Gasteiger partial charge in [-0.1, -0.05) is 13.3 Å². The third-order valence-electron chi connectivity index (χ3n) is 5.21. The molecule has 0 bridgehead atoms. The molecule has 0 amide bonds. The van der Waals surface area contributed by atoms with Crippen molar-refractivity contribution in [2.45, 2.75) is 51.5 Å². The molecule has 2 heterocycles. The smallest absolute Gasteiger partial charge is 0.0148 e. The van der Waals surface area contributed by atoms with Gasteiger partial charge < -0.3 is 5.32 Å². The normalized spacial score (nSPS) is 38.8. The lowest BCUT2D eigenvalue weighted by Gasteiger charge is -2.44. The highest BCUT2D eigenvalue weighted by Crippen LogP contribution is 2.52. The largest absolute Gasteiger partial charge is 0.316 e. The maximum absolute atomic E-state index is 3.56. The molecule has 1 spiro atoms. The Morgan fingerprint density at radius 3 is 2.94 bits per heavy atom. The zero-order valence-corrected chi connectivity index (χ0v) is 10.7. The molecule has 2 heteroatoms. The van der Waals surface area contributed by atoms with Crippen LogP contribution in [0.4, 0.5) is 0 Å². The highest BCUT2D eigenvalue weighted by atomic mass is 15.2. The third-order valence-corrected chi connectivity index (χ3v) is 5.21. The van der Waals surface area contributed by atoms with E-state index in [1.807, 2.05) is 0 Å². The average Bonchev–Trinajstić information content (AvgIpc) is 3.08. The van der Waals surface area contributed by atoms with Crippen LogP contribution in [0.25, 0.3) is 0 Å². The summed E-state index contributed by atoms with van der Waals surface area (Å²) in [6.45, 7) is 7.66. The fourth-order valence-electron chi connectivity index (χ4n) is 3.92. The van der Waals surface area contributed by atoms with E-state index >= 15 is 0 Å². The molecule has 2 aliphatic heterocycles. The molecule has 2 unspecified atom stereocenters. The highest BCUT2D eigenvalue weighted by Gasteiger charge is 2.47. The highest BCUT2D eigenvalue weighted by molar-refractivity contribution is 5.00. The van der Waals surface area contributed by atoms with Crippen molar-refractivity contribution in [1.82, 2.24) is 10.2 Å². The maximum atomic E-state index is 3.56. The van der Waals surface area contributed by atoms with Gasteiger partial charge in [-0.3, -0.25) is 4.90 Å². The summed E-state index contributed by atoms with van der Waals surface area (Å²) in [6.07, 6.45) is 8.75.